The minimum atomic E-state index is -0.477. The minimum absolute atomic E-state index is 0.370. The van der Waals surface area contributed by atoms with Crippen LogP contribution in [0.15, 0.2) is 48.5 Å². The smallest absolute Gasteiger partial charge is 0.328 e. The number of carbonyl (C=O) groups excluding carboxylic acids is 2. The lowest BCUT2D eigenvalue weighted by Gasteiger charge is -2.20. The molecule has 0 aliphatic heterocycles. The van der Waals surface area contributed by atoms with Gasteiger partial charge in [0.2, 0.25) is 5.91 Å². The molecule has 23 heavy (non-hydrogen) atoms. The first kappa shape index (κ1) is 16.8. The number of nitrogens with two attached hydrogens (primary N) is 1. The molecule has 0 aromatic heterocycles. The normalized spacial score (nSPS) is 10.2. The van der Waals surface area contributed by atoms with Gasteiger partial charge in [0.05, 0.1) is 5.69 Å². The Hall–Kier alpha value is -2.53. The molecule has 2 aromatic rings. The molecule has 0 aliphatic carbocycles. The summed E-state index contributed by atoms with van der Waals surface area (Å²) in [5.41, 5.74) is 7.60. The zero-order valence-corrected chi connectivity index (χ0v) is 13.5. The van der Waals surface area contributed by atoms with Crippen molar-refractivity contribution in [3.63, 3.8) is 0 Å². The Morgan fingerprint density at radius 1 is 1.13 bits per heavy atom. The predicted octanol–water partition coefficient (Wildman–Crippen LogP) is 3.23. The van der Waals surface area contributed by atoms with Gasteiger partial charge in [-0.05, 0) is 42.3 Å². The van der Waals surface area contributed by atoms with Crippen molar-refractivity contribution in [2.45, 2.75) is 13.3 Å². The van der Waals surface area contributed by atoms with Crippen molar-refractivity contribution in [3.8, 4) is 0 Å². The molecule has 3 N–H and O–H groups in total. The van der Waals surface area contributed by atoms with E-state index < -0.39 is 6.03 Å². The van der Waals surface area contributed by atoms with E-state index in [4.69, 9.17) is 17.3 Å². The van der Waals surface area contributed by atoms with Crippen LogP contribution in [0.2, 0.25) is 5.02 Å². The number of hydrogen-bond acceptors (Lipinski definition) is 3. The third-order valence-corrected chi connectivity index (χ3v) is 3.67. The van der Waals surface area contributed by atoms with Crippen LogP contribution in [0.5, 0.6) is 0 Å². The van der Waals surface area contributed by atoms with Gasteiger partial charge in [0, 0.05) is 24.2 Å². The molecule has 0 aliphatic rings. The summed E-state index contributed by atoms with van der Waals surface area (Å²) in [4.78, 5) is 25.1. The minimum Gasteiger partial charge on any atom is -0.399 e. The van der Waals surface area contributed by atoms with Crippen molar-refractivity contribution < 1.29 is 9.59 Å². The van der Waals surface area contributed by atoms with E-state index in [1.807, 2.05) is 18.2 Å². The highest BCUT2D eigenvalue weighted by atomic mass is 35.5. The summed E-state index contributed by atoms with van der Waals surface area (Å²) >= 11 is 6.07. The molecule has 0 bridgehead atoms. The van der Waals surface area contributed by atoms with Crippen LogP contribution < -0.4 is 16.0 Å². The second-order valence-electron chi connectivity index (χ2n) is 5.02. The monoisotopic (exact) mass is 331 g/mol. The van der Waals surface area contributed by atoms with Crippen LogP contribution in [0.3, 0.4) is 0 Å². The summed E-state index contributed by atoms with van der Waals surface area (Å²) in [7, 11) is 0. The molecule has 0 spiro atoms. The van der Waals surface area contributed by atoms with E-state index in [-0.39, 0.29) is 5.91 Å². The zero-order chi connectivity index (χ0) is 16.8. The molecule has 2 rings (SSSR count). The lowest BCUT2D eigenvalue weighted by atomic mass is 10.1. The van der Waals surface area contributed by atoms with Gasteiger partial charge in [-0.15, -0.1) is 0 Å². The summed E-state index contributed by atoms with van der Waals surface area (Å²) in [5, 5.41) is 3.39. The highest BCUT2D eigenvalue weighted by Crippen LogP contribution is 2.17. The zero-order valence-electron chi connectivity index (χ0n) is 12.8. The average molecular weight is 332 g/mol. The molecule has 0 heterocycles. The number of rotatable bonds is 4. The van der Waals surface area contributed by atoms with Crippen molar-refractivity contribution in [2.24, 2.45) is 0 Å². The number of nitrogen functional groups attached to an aromatic ring is 1. The molecule has 2 aromatic carbocycles. The van der Waals surface area contributed by atoms with Gasteiger partial charge in [-0.1, -0.05) is 29.8 Å². The number of imide groups is 1. The van der Waals surface area contributed by atoms with Crippen LogP contribution >= 0.6 is 11.6 Å². The fourth-order valence-corrected chi connectivity index (χ4v) is 2.38. The topological polar surface area (TPSA) is 75.4 Å². The Bertz CT molecular complexity index is 701. The van der Waals surface area contributed by atoms with Gasteiger partial charge in [-0.25, -0.2) is 9.69 Å². The lowest BCUT2D eigenvalue weighted by Crippen LogP contribution is -2.43. The average Bonchev–Trinajstić information content (AvgIpc) is 2.51. The highest BCUT2D eigenvalue weighted by Gasteiger charge is 2.19. The van der Waals surface area contributed by atoms with E-state index in [2.05, 4.69) is 5.32 Å². The standard InChI is InChI=1S/C17H18ClN3O2/c1-12(22)21(15-8-6-14(19)7-9-15)17(23)20-11-10-13-4-2-3-5-16(13)18/h2-9H,10-11,19H2,1H3,(H,20,23). The van der Waals surface area contributed by atoms with Crippen molar-refractivity contribution in [2.75, 3.05) is 17.2 Å². The van der Waals surface area contributed by atoms with Crippen LogP contribution in [-0.4, -0.2) is 18.5 Å². The Morgan fingerprint density at radius 2 is 1.78 bits per heavy atom. The molecule has 0 atom stereocenters. The maximum Gasteiger partial charge on any atom is 0.328 e. The Labute approximate surface area is 140 Å². The molecule has 120 valence electrons. The van der Waals surface area contributed by atoms with Crippen LogP contribution in [0.4, 0.5) is 16.2 Å². The number of urea groups is 1. The molecule has 6 heteroatoms. The van der Waals surface area contributed by atoms with Crippen molar-refractivity contribution in [3.05, 3.63) is 59.1 Å². The SMILES string of the molecule is CC(=O)N(C(=O)NCCc1ccccc1Cl)c1ccc(N)cc1. The second-order valence-corrected chi connectivity index (χ2v) is 5.43. The molecule has 0 saturated carbocycles. The maximum atomic E-state index is 12.3. The first-order valence-electron chi connectivity index (χ1n) is 7.16. The Kier molecular flexibility index (Phi) is 5.60. The molecule has 3 amide bonds. The number of amides is 3. The Morgan fingerprint density at radius 3 is 2.39 bits per heavy atom. The Balaban J connectivity index is 2.00. The molecule has 0 radical (unpaired) electrons. The quantitative estimate of drug-likeness (QED) is 0.844. The summed E-state index contributed by atoms with van der Waals surface area (Å²) in [6.45, 7) is 1.71. The first-order chi connectivity index (χ1) is 11.0. The number of nitrogens with zero attached hydrogens (tertiary/aromatic N) is 1. The van der Waals surface area contributed by atoms with Crippen molar-refractivity contribution >= 4 is 34.9 Å². The highest BCUT2D eigenvalue weighted by molar-refractivity contribution is 6.31. The summed E-state index contributed by atoms with van der Waals surface area (Å²) in [6, 6.07) is 13.5. The summed E-state index contributed by atoms with van der Waals surface area (Å²) in [6.07, 6.45) is 0.582. The van der Waals surface area contributed by atoms with Gasteiger partial charge < -0.3 is 11.1 Å². The van der Waals surface area contributed by atoms with Crippen LogP contribution in [0, 0.1) is 0 Å². The number of anilines is 2. The summed E-state index contributed by atoms with van der Waals surface area (Å²) < 4.78 is 0. The number of halogens is 1. The largest absolute Gasteiger partial charge is 0.399 e. The molecule has 0 unspecified atom stereocenters. The van der Waals surface area contributed by atoms with Gasteiger partial charge in [-0.3, -0.25) is 4.79 Å². The third-order valence-electron chi connectivity index (χ3n) is 3.30. The fourth-order valence-electron chi connectivity index (χ4n) is 2.15. The van der Waals surface area contributed by atoms with E-state index in [1.54, 1.807) is 30.3 Å². The molecule has 0 fully saturated rings. The van der Waals surface area contributed by atoms with Crippen LogP contribution in [0.25, 0.3) is 0 Å². The number of carbonyl (C=O) groups is 2. The van der Waals surface area contributed by atoms with Gasteiger partial charge in [0.25, 0.3) is 0 Å². The van der Waals surface area contributed by atoms with Gasteiger partial charge in [0.1, 0.15) is 0 Å². The lowest BCUT2D eigenvalue weighted by molar-refractivity contribution is -0.115. The van der Waals surface area contributed by atoms with E-state index in [0.29, 0.717) is 29.4 Å². The maximum absolute atomic E-state index is 12.3. The third kappa shape index (κ3) is 4.47. The van der Waals surface area contributed by atoms with Gasteiger partial charge >= 0.3 is 6.03 Å². The van der Waals surface area contributed by atoms with Crippen molar-refractivity contribution in [1.29, 1.82) is 0 Å². The fraction of sp³-hybridized carbons (Fsp3) is 0.176. The number of hydrogen-bond donors (Lipinski definition) is 2. The van der Waals surface area contributed by atoms with Crippen LogP contribution in [-0.2, 0) is 11.2 Å². The van der Waals surface area contributed by atoms with E-state index in [9.17, 15) is 9.59 Å². The van der Waals surface area contributed by atoms with E-state index in [0.717, 1.165) is 10.5 Å². The molecular formula is C17H18ClN3O2. The van der Waals surface area contributed by atoms with Crippen molar-refractivity contribution in [1.82, 2.24) is 5.32 Å². The summed E-state index contributed by atoms with van der Waals surface area (Å²) in [5.74, 6) is -0.370. The number of nitrogens with one attached hydrogen (secondary N) is 1. The molecular weight excluding hydrogens is 314 g/mol. The van der Waals surface area contributed by atoms with E-state index in [1.165, 1.54) is 6.92 Å². The number of benzene rings is 2. The van der Waals surface area contributed by atoms with Gasteiger partial charge in [-0.2, -0.15) is 0 Å². The first-order valence-corrected chi connectivity index (χ1v) is 7.54. The molecule has 0 saturated heterocycles. The molecule has 5 nitrogen and oxygen atoms in total. The van der Waals surface area contributed by atoms with E-state index >= 15 is 0 Å². The predicted molar refractivity (Wildman–Crippen MR) is 92.6 cm³/mol. The van der Waals surface area contributed by atoms with Gasteiger partial charge in [0.15, 0.2) is 0 Å². The second kappa shape index (κ2) is 7.65. The van der Waals surface area contributed by atoms with Crippen LogP contribution in [0.1, 0.15) is 12.5 Å².